The molecular formula is C20H26N4O4. The van der Waals surface area contributed by atoms with Crippen LogP contribution in [0, 0.1) is 0 Å². The van der Waals surface area contributed by atoms with Gasteiger partial charge in [0, 0.05) is 42.8 Å². The summed E-state index contributed by atoms with van der Waals surface area (Å²) in [7, 11) is 1.40. The first-order valence-corrected chi connectivity index (χ1v) is 9.67. The summed E-state index contributed by atoms with van der Waals surface area (Å²) in [6.07, 6.45) is 0.741. The average molecular weight is 386 g/mol. The minimum Gasteiger partial charge on any atom is -0.468 e. The van der Waals surface area contributed by atoms with Crippen molar-refractivity contribution >= 4 is 22.8 Å². The van der Waals surface area contributed by atoms with E-state index in [2.05, 4.69) is 21.4 Å². The summed E-state index contributed by atoms with van der Waals surface area (Å²) in [4.78, 5) is 30.5. The minimum absolute atomic E-state index is 0.0686. The van der Waals surface area contributed by atoms with Gasteiger partial charge in [-0.3, -0.25) is 19.9 Å². The van der Waals surface area contributed by atoms with Crippen molar-refractivity contribution in [1.82, 2.24) is 20.3 Å². The normalized spacial score (nSPS) is 21.1. The number of hydrazine groups is 1. The summed E-state index contributed by atoms with van der Waals surface area (Å²) in [5, 5.41) is 2.96. The summed E-state index contributed by atoms with van der Waals surface area (Å²) in [6, 6.07) is 8.05. The zero-order chi connectivity index (χ0) is 19.5. The molecule has 1 aromatic carbocycles. The molecule has 1 saturated heterocycles. The van der Waals surface area contributed by atoms with Crippen LogP contribution in [0.4, 0.5) is 0 Å². The Morgan fingerprint density at radius 1 is 1.25 bits per heavy atom. The van der Waals surface area contributed by atoms with Crippen molar-refractivity contribution < 1.29 is 19.1 Å². The average Bonchev–Trinajstić information content (AvgIpc) is 2.99. The molecule has 28 heavy (non-hydrogen) atoms. The molecule has 8 nitrogen and oxygen atoms in total. The van der Waals surface area contributed by atoms with E-state index in [0.29, 0.717) is 32.8 Å². The molecule has 8 heteroatoms. The maximum absolute atomic E-state index is 12.5. The number of amides is 1. The van der Waals surface area contributed by atoms with Crippen LogP contribution in [0.3, 0.4) is 0 Å². The van der Waals surface area contributed by atoms with E-state index in [9.17, 15) is 9.59 Å². The number of para-hydroxylation sites is 1. The highest BCUT2D eigenvalue weighted by molar-refractivity contribution is 5.88. The fourth-order valence-corrected chi connectivity index (χ4v) is 4.05. The molecule has 3 heterocycles. The Balaban J connectivity index is 1.51. The van der Waals surface area contributed by atoms with Crippen LogP contribution < -0.4 is 5.43 Å². The number of morpholine rings is 1. The molecule has 2 aromatic rings. The number of carbonyl (C=O) groups is 2. The second-order valence-corrected chi connectivity index (χ2v) is 7.26. The van der Waals surface area contributed by atoms with Gasteiger partial charge in [-0.25, -0.2) is 5.01 Å². The number of fused-ring (bicyclic) bond motifs is 3. The maximum Gasteiger partial charge on any atom is 0.316 e. The third kappa shape index (κ3) is 3.89. The first-order valence-electron chi connectivity index (χ1n) is 9.67. The molecule has 0 bridgehead atoms. The van der Waals surface area contributed by atoms with E-state index in [1.807, 2.05) is 23.2 Å². The van der Waals surface area contributed by atoms with Crippen LogP contribution in [0.25, 0.3) is 10.9 Å². The second-order valence-electron chi connectivity index (χ2n) is 7.26. The highest BCUT2D eigenvalue weighted by Crippen LogP contribution is 2.31. The predicted molar refractivity (Wildman–Crippen MR) is 104 cm³/mol. The number of carbonyl (C=O) groups excluding carboxylic acids is 2. The van der Waals surface area contributed by atoms with Gasteiger partial charge in [-0.05, 0) is 18.1 Å². The lowest BCUT2D eigenvalue weighted by atomic mass is 10.00. The topological polar surface area (TPSA) is 86.9 Å². The lowest BCUT2D eigenvalue weighted by Gasteiger charge is -2.28. The summed E-state index contributed by atoms with van der Waals surface area (Å²) in [5.74, 6) is -0.846. The van der Waals surface area contributed by atoms with E-state index in [0.717, 1.165) is 41.7 Å². The third-order valence-corrected chi connectivity index (χ3v) is 5.47. The summed E-state index contributed by atoms with van der Waals surface area (Å²) >= 11 is 0. The second kappa shape index (κ2) is 8.30. The van der Waals surface area contributed by atoms with Crippen LogP contribution in [0.5, 0.6) is 0 Å². The number of H-pyrrole nitrogens is 1. The molecule has 0 aliphatic carbocycles. The fourth-order valence-electron chi connectivity index (χ4n) is 4.05. The quantitative estimate of drug-likeness (QED) is 0.751. The van der Waals surface area contributed by atoms with Crippen LogP contribution in [-0.4, -0.2) is 79.8 Å². The lowest BCUT2D eigenvalue weighted by molar-refractivity contribution is -0.144. The number of methoxy groups -OCH3 is 1. The smallest absolute Gasteiger partial charge is 0.316 e. The van der Waals surface area contributed by atoms with Crippen LogP contribution in [-0.2, 0) is 25.5 Å². The summed E-state index contributed by atoms with van der Waals surface area (Å²) < 4.78 is 10.4. The van der Waals surface area contributed by atoms with E-state index in [1.165, 1.54) is 7.11 Å². The molecular weight excluding hydrogens is 360 g/mol. The zero-order valence-electron chi connectivity index (χ0n) is 16.1. The van der Waals surface area contributed by atoms with Crippen LogP contribution >= 0.6 is 0 Å². The Bertz CT molecular complexity index is 859. The third-order valence-electron chi connectivity index (χ3n) is 5.47. The van der Waals surface area contributed by atoms with Gasteiger partial charge in [0.05, 0.1) is 26.9 Å². The van der Waals surface area contributed by atoms with Crippen LogP contribution in [0.15, 0.2) is 24.3 Å². The Hall–Kier alpha value is -2.42. The molecule has 1 unspecified atom stereocenters. The SMILES string of the molecule is COC(=O)C1CN(NC(=O)CN2CCOCC2)CCc2c1[nH]c1ccccc21. The fraction of sp³-hybridized carbons (Fsp3) is 0.500. The molecule has 2 aliphatic heterocycles. The lowest BCUT2D eigenvalue weighted by Crippen LogP contribution is -2.50. The monoisotopic (exact) mass is 386 g/mol. The van der Waals surface area contributed by atoms with Crippen molar-refractivity contribution in [3.05, 3.63) is 35.5 Å². The van der Waals surface area contributed by atoms with Gasteiger partial charge in [0.2, 0.25) is 5.91 Å². The molecule has 2 N–H and O–H groups in total. The van der Waals surface area contributed by atoms with Gasteiger partial charge in [-0.2, -0.15) is 0 Å². The highest BCUT2D eigenvalue weighted by atomic mass is 16.5. The van der Waals surface area contributed by atoms with Gasteiger partial charge in [0.15, 0.2) is 0 Å². The molecule has 0 saturated carbocycles. The molecule has 1 amide bonds. The van der Waals surface area contributed by atoms with Gasteiger partial charge < -0.3 is 14.5 Å². The van der Waals surface area contributed by atoms with Gasteiger partial charge in [-0.1, -0.05) is 18.2 Å². The first kappa shape index (κ1) is 18.9. The largest absolute Gasteiger partial charge is 0.468 e. The molecule has 0 radical (unpaired) electrons. The number of nitrogens with one attached hydrogen (secondary N) is 2. The number of aromatic amines is 1. The van der Waals surface area contributed by atoms with E-state index in [-0.39, 0.29) is 11.9 Å². The van der Waals surface area contributed by atoms with E-state index in [1.54, 1.807) is 0 Å². The predicted octanol–water partition coefficient (Wildman–Crippen LogP) is 0.646. The van der Waals surface area contributed by atoms with Gasteiger partial charge in [-0.15, -0.1) is 0 Å². The van der Waals surface area contributed by atoms with Crippen molar-refractivity contribution in [2.45, 2.75) is 12.3 Å². The molecule has 1 fully saturated rings. The maximum atomic E-state index is 12.5. The number of benzene rings is 1. The Labute approximate surface area is 163 Å². The number of nitrogens with zero attached hydrogens (tertiary/aromatic N) is 2. The number of hydrogen-bond acceptors (Lipinski definition) is 6. The van der Waals surface area contributed by atoms with Gasteiger partial charge >= 0.3 is 5.97 Å². The van der Waals surface area contributed by atoms with E-state index >= 15 is 0 Å². The number of rotatable bonds is 4. The number of ether oxygens (including phenoxy) is 2. The Morgan fingerprint density at radius 2 is 2.04 bits per heavy atom. The molecule has 1 aromatic heterocycles. The minimum atomic E-state index is -0.474. The standard InChI is InChI=1S/C20H26N4O4/c1-27-20(26)16-12-24(22-18(25)13-23-8-10-28-11-9-23)7-6-15-14-4-2-3-5-17(14)21-19(15)16/h2-5,16,21H,6-13H2,1H3,(H,22,25). The molecule has 1 atom stereocenters. The Kier molecular flexibility index (Phi) is 5.61. The zero-order valence-corrected chi connectivity index (χ0v) is 16.1. The van der Waals surface area contributed by atoms with Crippen LogP contribution in [0.1, 0.15) is 17.2 Å². The van der Waals surface area contributed by atoms with Gasteiger partial charge in [0.1, 0.15) is 5.92 Å². The van der Waals surface area contributed by atoms with Crippen molar-refractivity contribution in [3.8, 4) is 0 Å². The van der Waals surface area contributed by atoms with Crippen LogP contribution in [0.2, 0.25) is 0 Å². The van der Waals surface area contributed by atoms with Gasteiger partial charge in [0.25, 0.3) is 0 Å². The van der Waals surface area contributed by atoms with Crippen molar-refractivity contribution in [1.29, 1.82) is 0 Å². The van der Waals surface area contributed by atoms with Crippen molar-refractivity contribution in [2.24, 2.45) is 0 Å². The Morgan fingerprint density at radius 3 is 2.82 bits per heavy atom. The van der Waals surface area contributed by atoms with E-state index < -0.39 is 5.92 Å². The number of hydrogen-bond donors (Lipinski definition) is 2. The molecule has 150 valence electrons. The number of esters is 1. The molecule has 0 spiro atoms. The van der Waals surface area contributed by atoms with Crippen molar-refractivity contribution in [2.75, 3.05) is 53.0 Å². The number of aromatic nitrogens is 1. The summed E-state index contributed by atoms with van der Waals surface area (Å²) in [6.45, 7) is 4.17. The van der Waals surface area contributed by atoms with E-state index in [4.69, 9.17) is 9.47 Å². The first-order chi connectivity index (χ1) is 13.7. The van der Waals surface area contributed by atoms with Crippen molar-refractivity contribution in [3.63, 3.8) is 0 Å². The molecule has 2 aliphatic rings. The highest BCUT2D eigenvalue weighted by Gasteiger charge is 2.32. The summed E-state index contributed by atoms with van der Waals surface area (Å²) in [5.41, 5.74) is 6.01. The molecule has 4 rings (SSSR count).